The fraction of sp³-hybridized carbons (Fsp3) is 0.250. The van der Waals surface area contributed by atoms with Gasteiger partial charge in [-0.1, -0.05) is 0 Å². The van der Waals surface area contributed by atoms with Crippen molar-refractivity contribution in [3.63, 3.8) is 0 Å². The van der Waals surface area contributed by atoms with Gasteiger partial charge in [0.1, 0.15) is 0 Å². The molecular weight excluding hydrogens is 345 g/mol. The van der Waals surface area contributed by atoms with Crippen LogP contribution in [0.15, 0.2) is 30.6 Å². The lowest BCUT2D eigenvalue weighted by Crippen LogP contribution is -2.29. The van der Waals surface area contributed by atoms with Gasteiger partial charge < -0.3 is 4.74 Å². The number of rotatable bonds is 4. The van der Waals surface area contributed by atoms with Crippen LogP contribution in [-0.4, -0.2) is 38.3 Å². The third-order valence-electron chi connectivity index (χ3n) is 4.19. The van der Waals surface area contributed by atoms with Crippen LogP contribution in [0.4, 0.5) is 10.1 Å². The predicted octanol–water partition coefficient (Wildman–Crippen LogP) is 2.92. The maximum Gasteiger partial charge on any atom is 0.167 e. The second-order valence-corrected chi connectivity index (χ2v) is 6.71. The van der Waals surface area contributed by atoms with Gasteiger partial charge in [0.2, 0.25) is 0 Å². The summed E-state index contributed by atoms with van der Waals surface area (Å²) in [6.45, 7) is 1.38. The minimum Gasteiger partial charge on any atom is -0.494 e. The summed E-state index contributed by atoms with van der Waals surface area (Å²) in [6.07, 6.45) is 4.45. The molecule has 9 heteroatoms. The Morgan fingerprint density at radius 3 is 3.08 bits per heavy atom. The number of hydrogen-bond donors (Lipinski definition) is 2. The Bertz CT molecular complexity index is 919. The lowest BCUT2D eigenvalue weighted by Gasteiger charge is -2.30. The lowest BCUT2D eigenvalue weighted by molar-refractivity contribution is 0.319. The number of pyridine rings is 1. The number of aromatic amines is 1. The van der Waals surface area contributed by atoms with Crippen LogP contribution in [0.25, 0.3) is 11.0 Å². The van der Waals surface area contributed by atoms with E-state index in [4.69, 9.17) is 4.74 Å². The Labute approximate surface area is 147 Å². The second-order valence-electron chi connectivity index (χ2n) is 5.68. The molecule has 7 nitrogen and oxygen atoms in total. The highest BCUT2D eigenvalue weighted by Crippen LogP contribution is 2.32. The molecule has 1 aliphatic rings. The van der Waals surface area contributed by atoms with Crippen LogP contribution in [-0.2, 0) is 13.0 Å². The van der Waals surface area contributed by atoms with Crippen molar-refractivity contribution in [2.24, 2.45) is 0 Å². The molecule has 0 saturated heterocycles. The molecule has 3 aromatic rings. The molecule has 0 spiro atoms. The Balaban J connectivity index is 1.49. The van der Waals surface area contributed by atoms with Crippen LogP contribution in [0.5, 0.6) is 5.75 Å². The number of aromatic nitrogens is 3. The highest BCUT2D eigenvalue weighted by atomic mass is 32.2. The summed E-state index contributed by atoms with van der Waals surface area (Å²) in [7, 11) is 1.40. The van der Waals surface area contributed by atoms with Crippen molar-refractivity contribution in [2.75, 3.05) is 18.1 Å². The molecule has 0 atom stereocenters. The first-order chi connectivity index (χ1) is 12.2. The molecule has 4 rings (SSSR count). The molecule has 0 aliphatic carbocycles. The van der Waals surface area contributed by atoms with E-state index in [1.54, 1.807) is 12.3 Å². The Hall–Kier alpha value is -2.36. The minimum atomic E-state index is -0.518. The van der Waals surface area contributed by atoms with Gasteiger partial charge in [-0.05, 0) is 29.7 Å². The van der Waals surface area contributed by atoms with Crippen LogP contribution in [0.2, 0.25) is 0 Å². The van der Waals surface area contributed by atoms with E-state index >= 15 is 0 Å². The number of benzene rings is 1. The van der Waals surface area contributed by atoms with Gasteiger partial charge in [-0.25, -0.2) is 13.7 Å². The number of nitrogens with zero attached hydrogens (tertiary/aromatic N) is 4. The number of fused-ring (bicyclic) bond motifs is 3. The standard InChI is InChI=1S/C16H16FN5O2S/c1-24-15-3-2-11(6-14(15)17)22(23)25-21-5-4-12-10(9-21)7-18-16-13(12)8-19-20-16/h2-3,6-8,23H,4-5,9H2,1H3,(H,18,19,20). The normalized spacial score (nSPS) is 14.5. The molecule has 0 amide bonds. The third kappa shape index (κ3) is 3.01. The molecule has 1 aromatic carbocycles. The number of hydrogen-bond acceptors (Lipinski definition) is 7. The zero-order valence-corrected chi connectivity index (χ0v) is 14.3. The van der Waals surface area contributed by atoms with E-state index in [1.807, 2.05) is 10.5 Å². The second kappa shape index (κ2) is 6.51. The molecule has 3 heterocycles. The molecule has 1 aliphatic heterocycles. The number of halogens is 1. The first-order valence-electron chi connectivity index (χ1n) is 7.71. The largest absolute Gasteiger partial charge is 0.494 e. The molecular formula is C16H16FN5O2S. The van der Waals surface area contributed by atoms with Gasteiger partial charge in [-0.2, -0.15) is 9.57 Å². The quantitative estimate of drug-likeness (QED) is 0.546. The Morgan fingerprint density at radius 1 is 1.40 bits per heavy atom. The molecule has 2 aromatic heterocycles. The van der Waals surface area contributed by atoms with Crippen LogP contribution in [0, 0.1) is 5.82 Å². The zero-order valence-electron chi connectivity index (χ0n) is 13.4. The average Bonchev–Trinajstić information content (AvgIpc) is 3.10. The summed E-state index contributed by atoms with van der Waals surface area (Å²) < 4.78 is 21.6. The van der Waals surface area contributed by atoms with Crippen molar-refractivity contribution >= 4 is 28.9 Å². The Kier molecular flexibility index (Phi) is 4.20. The smallest absolute Gasteiger partial charge is 0.167 e. The fourth-order valence-corrected chi connectivity index (χ4v) is 3.73. The topological polar surface area (TPSA) is 77.5 Å². The molecule has 0 unspecified atom stereocenters. The van der Waals surface area contributed by atoms with E-state index in [2.05, 4.69) is 15.2 Å². The Morgan fingerprint density at radius 2 is 2.28 bits per heavy atom. The molecule has 25 heavy (non-hydrogen) atoms. The molecule has 0 fully saturated rings. The van der Waals surface area contributed by atoms with Gasteiger partial charge in [-0.3, -0.25) is 10.3 Å². The number of methoxy groups -OCH3 is 1. The first-order valence-corrected chi connectivity index (χ1v) is 8.44. The van der Waals surface area contributed by atoms with Gasteiger partial charge in [0, 0.05) is 30.7 Å². The van der Waals surface area contributed by atoms with Gasteiger partial charge in [0.15, 0.2) is 17.2 Å². The minimum absolute atomic E-state index is 0.143. The summed E-state index contributed by atoms with van der Waals surface area (Å²) in [6, 6.07) is 4.32. The van der Waals surface area contributed by atoms with Gasteiger partial charge in [0.25, 0.3) is 0 Å². The number of anilines is 1. The summed E-state index contributed by atoms with van der Waals surface area (Å²) in [5, 5.41) is 18.2. The molecule has 0 bridgehead atoms. The lowest BCUT2D eigenvalue weighted by atomic mass is 10.0. The highest BCUT2D eigenvalue weighted by Gasteiger charge is 2.22. The summed E-state index contributed by atoms with van der Waals surface area (Å²) >= 11 is 1.13. The number of nitrogens with one attached hydrogen (secondary N) is 1. The molecule has 0 saturated carbocycles. The van der Waals surface area contributed by atoms with Crippen molar-refractivity contribution in [2.45, 2.75) is 13.0 Å². The van der Waals surface area contributed by atoms with Gasteiger partial charge in [-0.15, -0.1) is 0 Å². The van der Waals surface area contributed by atoms with Crippen molar-refractivity contribution in [1.29, 1.82) is 0 Å². The number of ether oxygens (including phenoxy) is 1. The predicted molar refractivity (Wildman–Crippen MR) is 92.8 cm³/mol. The summed E-state index contributed by atoms with van der Waals surface area (Å²) in [4.78, 5) is 4.36. The van der Waals surface area contributed by atoms with Gasteiger partial charge in [0.05, 0.1) is 31.1 Å². The van der Waals surface area contributed by atoms with E-state index < -0.39 is 5.82 Å². The highest BCUT2D eigenvalue weighted by molar-refractivity contribution is 7.98. The zero-order chi connectivity index (χ0) is 17.4. The van der Waals surface area contributed by atoms with E-state index in [-0.39, 0.29) is 5.75 Å². The van der Waals surface area contributed by atoms with Crippen molar-refractivity contribution in [1.82, 2.24) is 19.5 Å². The molecule has 2 N–H and O–H groups in total. The van der Waals surface area contributed by atoms with Crippen LogP contribution in [0.1, 0.15) is 11.1 Å². The van der Waals surface area contributed by atoms with E-state index in [0.717, 1.165) is 46.2 Å². The summed E-state index contributed by atoms with van der Waals surface area (Å²) in [5.74, 6) is -0.376. The van der Waals surface area contributed by atoms with E-state index in [1.165, 1.54) is 24.8 Å². The van der Waals surface area contributed by atoms with Crippen LogP contribution in [0.3, 0.4) is 0 Å². The monoisotopic (exact) mass is 361 g/mol. The van der Waals surface area contributed by atoms with E-state index in [0.29, 0.717) is 12.2 Å². The average molecular weight is 361 g/mol. The molecule has 0 radical (unpaired) electrons. The fourth-order valence-electron chi connectivity index (χ4n) is 2.93. The van der Waals surface area contributed by atoms with Crippen LogP contribution < -0.4 is 9.21 Å². The van der Waals surface area contributed by atoms with Crippen LogP contribution >= 0.6 is 12.1 Å². The van der Waals surface area contributed by atoms with Crippen molar-refractivity contribution in [3.05, 3.63) is 47.5 Å². The van der Waals surface area contributed by atoms with Crippen molar-refractivity contribution < 1.29 is 14.3 Å². The SMILES string of the molecule is COc1ccc(N(O)SN2CCc3c(cnc4[nH]ncc34)C2)cc1F. The maximum absolute atomic E-state index is 13.8. The summed E-state index contributed by atoms with van der Waals surface area (Å²) in [5.41, 5.74) is 3.47. The number of H-pyrrole nitrogens is 1. The van der Waals surface area contributed by atoms with E-state index in [9.17, 15) is 9.60 Å². The van der Waals surface area contributed by atoms with Crippen molar-refractivity contribution in [3.8, 4) is 5.75 Å². The maximum atomic E-state index is 13.8. The molecule has 130 valence electrons. The first kappa shape index (κ1) is 16.1. The third-order valence-corrected chi connectivity index (χ3v) is 5.10. The van der Waals surface area contributed by atoms with Gasteiger partial charge >= 0.3 is 0 Å².